The lowest BCUT2D eigenvalue weighted by Crippen LogP contribution is -2.50. The van der Waals surface area contributed by atoms with Crippen LogP contribution < -0.4 is 10.6 Å². The third kappa shape index (κ3) is 3.89. The number of anilines is 1. The number of thiazole rings is 1. The van der Waals surface area contributed by atoms with Crippen LogP contribution in [0.4, 0.5) is 9.93 Å². The van der Waals surface area contributed by atoms with E-state index in [-0.39, 0.29) is 12.1 Å². The first-order chi connectivity index (χ1) is 14.7. The molecule has 2 atom stereocenters. The van der Waals surface area contributed by atoms with Crippen molar-refractivity contribution in [1.82, 2.24) is 15.2 Å². The van der Waals surface area contributed by atoms with E-state index in [4.69, 9.17) is 5.26 Å². The first kappa shape index (κ1) is 19.0. The molecule has 152 valence electrons. The molecule has 2 aliphatic heterocycles. The van der Waals surface area contributed by atoms with Crippen molar-refractivity contribution in [1.29, 1.82) is 5.26 Å². The van der Waals surface area contributed by atoms with E-state index < -0.39 is 0 Å². The maximum atomic E-state index is 12.6. The van der Waals surface area contributed by atoms with E-state index in [0.29, 0.717) is 22.8 Å². The van der Waals surface area contributed by atoms with Gasteiger partial charge in [0.2, 0.25) is 0 Å². The molecule has 2 fully saturated rings. The Hall–Kier alpha value is -2.95. The Morgan fingerprint density at radius 1 is 1.17 bits per heavy atom. The molecule has 2 aromatic carbocycles. The minimum Gasteiger partial charge on any atom is -0.335 e. The molecule has 2 saturated heterocycles. The standard InChI is InChI=1S/C23H23N5OS/c24-13-16-6-9-20-21(10-16)30-23(26-20)27-22(29)25-17-11-18-7-8-19(12-17)28(18)14-15-4-2-1-3-5-15/h1-6,9-10,17-19H,7-8,11-12,14H2,(H2,25,26,27,29). The molecule has 0 saturated carbocycles. The van der Waals surface area contributed by atoms with Gasteiger partial charge < -0.3 is 5.32 Å². The van der Waals surface area contributed by atoms with Crippen LogP contribution in [0, 0.1) is 11.3 Å². The number of fused-ring (bicyclic) bond motifs is 3. The highest BCUT2D eigenvalue weighted by atomic mass is 32.1. The fourth-order valence-corrected chi connectivity index (χ4v) is 5.71. The number of piperidine rings is 1. The zero-order valence-corrected chi connectivity index (χ0v) is 17.4. The number of benzene rings is 2. The zero-order chi connectivity index (χ0) is 20.5. The lowest BCUT2D eigenvalue weighted by atomic mass is 9.96. The van der Waals surface area contributed by atoms with Crippen molar-refractivity contribution < 1.29 is 4.79 Å². The van der Waals surface area contributed by atoms with Crippen LogP contribution in [0.2, 0.25) is 0 Å². The molecule has 0 radical (unpaired) electrons. The summed E-state index contributed by atoms with van der Waals surface area (Å²) in [6.07, 6.45) is 4.39. The second-order valence-electron chi connectivity index (χ2n) is 8.12. The van der Waals surface area contributed by atoms with E-state index in [2.05, 4.69) is 56.9 Å². The molecule has 0 spiro atoms. The maximum absolute atomic E-state index is 12.6. The molecule has 30 heavy (non-hydrogen) atoms. The minimum absolute atomic E-state index is 0.189. The van der Waals surface area contributed by atoms with Gasteiger partial charge in [0.1, 0.15) is 0 Å². The molecule has 2 N–H and O–H groups in total. The number of carbonyl (C=O) groups is 1. The molecule has 7 heteroatoms. The van der Waals surface area contributed by atoms with Crippen LogP contribution in [-0.4, -0.2) is 34.0 Å². The molecule has 0 aliphatic carbocycles. The minimum atomic E-state index is -0.199. The third-order valence-corrected chi connectivity index (χ3v) is 7.10. The van der Waals surface area contributed by atoms with E-state index in [1.54, 1.807) is 12.1 Å². The molecule has 5 rings (SSSR count). The van der Waals surface area contributed by atoms with Gasteiger partial charge in [0.15, 0.2) is 5.13 Å². The summed E-state index contributed by atoms with van der Waals surface area (Å²) in [5.41, 5.74) is 2.75. The monoisotopic (exact) mass is 417 g/mol. The molecule has 2 amide bonds. The van der Waals surface area contributed by atoms with Gasteiger partial charge in [0.05, 0.1) is 21.8 Å². The van der Waals surface area contributed by atoms with E-state index >= 15 is 0 Å². The topological polar surface area (TPSA) is 81.0 Å². The van der Waals surface area contributed by atoms with Crippen LogP contribution in [-0.2, 0) is 6.54 Å². The third-order valence-electron chi connectivity index (χ3n) is 6.17. The van der Waals surface area contributed by atoms with Crippen molar-refractivity contribution >= 4 is 32.7 Å². The molecule has 2 bridgehead atoms. The van der Waals surface area contributed by atoms with E-state index in [0.717, 1.165) is 29.6 Å². The number of nitriles is 1. The van der Waals surface area contributed by atoms with Crippen molar-refractivity contribution in [3.8, 4) is 6.07 Å². The predicted octanol–water partition coefficient (Wildman–Crippen LogP) is 4.49. The average Bonchev–Trinajstić information content (AvgIpc) is 3.24. The number of amides is 2. The van der Waals surface area contributed by atoms with Crippen LogP contribution in [0.1, 0.15) is 36.8 Å². The van der Waals surface area contributed by atoms with Crippen LogP contribution >= 0.6 is 11.3 Å². The Labute approximate surface area is 179 Å². The summed E-state index contributed by atoms with van der Waals surface area (Å²) >= 11 is 1.39. The molecule has 2 aliphatic rings. The molecular formula is C23H23N5OS. The van der Waals surface area contributed by atoms with Crippen LogP contribution in [0.3, 0.4) is 0 Å². The molecule has 3 heterocycles. The summed E-state index contributed by atoms with van der Waals surface area (Å²) in [5.74, 6) is 0. The Balaban J connectivity index is 1.19. The van der Waals surface area contributed by atoms with Crippen LogP contribution in [0.25, 0.3) is 10.2 Å². The highest BCUT2D eigenvalue weighted by molar-refractivity contribution is 7.22. The Morgan fingerprint density at radius 3 is 2.67 bits per heavy atom. The predicted molar refractivity (Wildman–Crippen MR) is 118 cm³/mol. The second-order valence-corrected chi connectivity index (χ2v) is 9.15. The molecule has 1 aromatic heterocycles. The number of hydrogen-bond donors (Lipinski definition) is 2. The van der Waals surface area contributed by atoms with Gasteiger partial charge in [-0.05, 0) is 49.4 Å². The summed E-state index contributed by atoms with van der Waals surface area (Å²) in [6, 6.07) is 19.2. The van der Waals surface area contributed by atoms with Crippen molar-refractivity contribution in [3.05, 3.63) is 59.7 Å². The van der Waals surface area contributed by atoms with E-state index in [1.807, 2.05) is 6.07 Å². The van der Waals surface area contributed by atoms with Gasteiger partial charge in [0, 0.05) is 24.7 Å². The van der Waals surface area contributed by atoms with Gasteiger partial charge >= 0.3 is 6.03 Å². The van der Waals surface area contributed by atoms with Crippen molar-refractivity contribution in [2.24, 2.45) is 0 Å². The van der Waals surface area contributed by atoms with E-state index in [1.165, 1.54) is 29.7 Å². The van der Waals surface area contributed by atoms with Gasteiger partial charge in [0.25, 0.3) is 0 Å². The Morgan fingerprint density at radius 2 is 1.93 bits per heavy atom. The van der Waals surface area contributed by atoms with E-state index in [9.17, 15) is 4.79 Å². The number of nitrogens with one attached hydrogen (secondary N) is 2. The van der Waals surface area contributed by atoms with Crippen molar-refractivity contribution in [2.45, 2.75) is 50.4 Å². The summed E-state index contributed by atoms with van der Waals surface area (Å²) in [4.78, 5) is 19.6. The summed E-state index contributed by atoms with van der Waals surface area (Å²) in [5, 5.41) is 15.6. The average molecular weight is 418 g/mol. The van der Waals surface area contributed by atoms with Crippen LogP contribution in [0.5, 0.6) is 0 Å². The number of rotatable bonds is 4. The Kier molecular flexibility index (Phi) is 5.11. The highest BCUT2D eigenvalue weighted by Crippen LogP contribution is 2.37. The quantitative estimate of drug-likeness (QED) is 0.656. The van der Waals surface area contributed by atoms with Gasteiger partial charge in [-0.3, -0.25) is 10.2 Å². The first-order valence-corrected chi connectivity index (χ1v) is 11.2. The molecule has 3 aromatic rings. The SMILES string of the molecule is N#Cc1ccc2nc(NC(=O)NC3CC4CCC(C3)N4Cc3ccccc3)sc2c1. The second kappa shape index (κ2) is 8.05. The van der Waals surface area contributed by atoms with Gasteiger partial charge in [-0.25, -0.2) is 9.78 Å². The lowest BCUT2D eigenvalue weighted by molar-refractivity contribution is 0.112. The summed E-state index contributed by atoms with van der Waals surface area (Å²) in [7, 11) is 0. The molecule has 2 unspecified atom stereocenters. The number of urea groups is 1. The van der Waals surface area contributed by atoms with Gasteiger partial charge in [-0.15, -0.1) is 0 Å². The number of nitrogens with zero attached hydrogens (tertiary/aromatic N) is 3. The highest BCUT2D eigenvalue weighted by Gasteiger charge is 2.40. The number of hydrogen-bond acceptors (Lipinski definition) is 5. The summed E-state index contributed by atoms with van der Waals surface area (Å²) in [6.45, 7) is 0.992. The molecular weight excluding hydrogens is 394 g/mol. The van der Waals surface area contributed by atoms with Crippen molar-refractivity contribution in [2.75, 3.05) is 5.32 Å². The zero-order valence-electron chi connectivity index (χ0n) is 16.5. The Bertz CT molecular complexity index is 1090. The van der Waals surface area contributed by atoms with Gasteiger partial charge in [-0.2, -0.15) is 5.26 Å². The number of aromatic nitrogens is 1. The smallest absolute Gasteiger partial charge is 0.321 e. The normalized spacial score (nSPS) is 23.2. The molecule has 6 nitrogen and oxygen atoms in total. The fraction of sp³-hybridized carbons (Fsp3) is 0.348. The number of carbonyl (C=O) groups excluding carboxylic acids is 1. The van der Waals surface area contributed by atoms with Crippen LogP contribution in [0.15, 0.2) is 48.5 Å². The van der Waals surface area contributed by atoms with Gasteiger partial charge in [-0.1, -0.05) is 41.7 Å². The fourth-order valence-electron chi connectivity index (χ4n) is 4.81. The lowest BCUT2D eigenvalue weighted by Gasteiger charge is -2.39. The summed E-state index contributed by atoms with van der Waals surface area (Å²) < 4.78 is 0.900. The largest absolute Gasteiger partial charge is 0.335 e. The maximum Gasteiger partial charge on any atom is 0.321 e. The van der Waals surface area contributed by atoms with Crippen molar-refractivity contribution in [3.63, 3.8) is 0 Å². The first-order valence-electron chi connectivity index (χ1n) is 10.4.